The average Bonchev–Trinajstić information content (AvgIpc) is 2.29. The summed E-state index contributed by atoms with van der Waals surface area (Å²) in [6.45, 7) is 11.5. The Balaban J connectivity index is 3.96. The van der Waals surface area contributed by atoms with Gasteiger partial charge < -0.3 is 15.0 Å². The molecule has 0 saturated heterocycles. The highest BCUT2D eigenvalue weighted by molar-refractivity contribution is 5.76. The molecule has 0 aromatic heterocycles. The van der Waals surface area contributed by atoms with Gasteiger partial charge in [0.2, 0.25) is 5.91 Å². The molecule has 0 aromatic rings. The third kappa shape index (κ3) is 9.42. The smallest absolute Gasteiger partial charge is 0.222 e. The molecule has 18 heavy (non-hydrogen) atoms. The first-order chi connectivity index (χ1) is 8.47. The van der Waals surface area contributed by atoms with Gasteiger partial charge in [-0.2, -0.15) is 0 Å². The predicted octanol–water partition coefficient (Wildman–Crippen LogP) is 1.90. The molecular weight excluding hydrogens is 228 g/mol. The Morgan fingerprint density at radius 2 is 1.94 bits per heavy atom. The molecule has 0 radical (unpaired) electrons. The van der Waals surface area contributed by atoms with Gasteiger partial charge in [0.25, 0.3) is 0 Å². The van der Waals surface area contributed by atoms with Gasteiger partial charge in [0, 0.05) is 32.7 Å². The topological polar surface area (TPSA) is 41.6 Å². The van der Waals surface area contributed by atoms with Crippen molar-refractivity contribution < 1.29 is 9.53 Å². The number of nitrogens with zero attached hydrogens (tertiary/aromatic N) is 1. The third-order valence-electron chi connectivity index (χ3n) is 2.62. The summed E-state index contributed by atoms with van der Waals surface area (Å²) in [5.41, 5.74) is 0. The summed E-state index contributed by atoms with van der Waals surface area (Å²) in [7, 11) is 1.67. The van der Waals surface area contributed by atoms with Crippen LogP contribution in [0.1, 0.15) is 40.5 Å². The molecule has 0 aliphatic rings. The van der Waals surface area contributed by atoms with Crippen molar-refractivity contribution in [2.24, 2.45) is 5.92 Å². The lowest BCUT2D eigenvalue weighted by molar-refractivity contribution is -0.132. The summed E-state index contributed by atoms with van der Waals surface area (Å²) in [5, 5.41) is 3.33. The highest BCUT2D eigenvalue weighted by atomic mass is 16.5. The molecule has 0 rings (SSSR count). The molecular formula is C14H30N2O2. The van der Waals surface area contributed by atoms with Crippen LogP contribution in [0.15, 0.2) is 0 Å². The number of methoxy groups -OCH3 is 1. The van der Waals surface area contributed by atoms with Crippen LogP contribution in [-0.2, 0) is 9.53 Å². The van der Waals surface area contributed by atoms with E-state index in [1.807, 2.05) is 4.90 Å². The van der Waals surface area contributed by atoms with Crippen LogP contribution < -0.4 is 5.32 Å². The van der Waals surface area contributed by atoms with Crippen LogP contribution in [-0.4, -0.2) is 50.2 Å². The molecule has 4 heteroatoms. The first-order valence-electron chi connectivity index (χ1n) is 6.97. The van der Waals surface area contributed by atoms with Gasteiger partial charge in [0.05, 0.1) is 6.61 Å². The van der Waals surface area contributed by atoms with Gasteiger partial charge in [-0.05, 0) is 18.9 Å². The standard InChI is InChI=1S/C14H30N2O2/c1-12(2)11-16(9-10-18-5)14(17)7-6-8-15-13(3)4/h12-13,15H,6-11H2,1-5H3. The van der Waals surface area contributed by atoms with E-state index in [9.17, 15) is 4.79 Å². The first kappa shape index (κ1) is 17.4. The Morgan fingerprint density at radius 3 is 2.44 bits per heavy atom. The fourth-order valence-electron chi connectivity index (χ4n) is 1.75. The Labute approximate surface area is 112 Å². The van der Waals surface area contributed by atoms with Gasteiger partial charge in [-0.25, -0.2) is 0 Å². The van der Waals surface area contributed by atoms with E-state index < -0.39 is 0 Å². The molecule has 108 valence electrons. The Morgan fingerprint density at radius 1 is 1.28 bits per heavy atom. The second-order valence-corrected chi connectivity index (χ2v) is 5.44. The quantitative estimate of drug-likeness (QED) is 0.609. The number of hydrogen-bond donors (Lipinski definition) is 1. The largest absolute Gasteiger partial charge is 0.383 e. The van der Waals surface area contributed by atoms with Crippen LogP contribution in [0.25, 0.3) is 0 Å². The average molecular weight is 258 g/mol. The summed E-state index contributed by atoms with van der Waals surface area (Å²) in [4.78, 5) is 14.0. The van der Waals surface area contributed by atoms with Crippen LogP contribution in [0.3, 0.4) is 0 Å². The van der Waals surface area contributed by atoms with E-state index in [0.717, 1.165) is 19.5 Å². The van der Waals surface area contributed by atoms with E-state index in [-0.39, 0.29) is 5.91 Å². The van der Waals surface area contributed by atoms with Gasteiger partial charge in [-0.1, -0.05) is 27.7 Å². The van der Waals surface area contributed by atoms with E-state index in [0.29, 0.717) is 31.5 Å². The maximum atomic E-state index is 12.1. The minimum absolute atomic E-state index is 0.242. The zero-order chi connectivity index (χ0) is 14.0. The number of ether oxygens (including phenoxy) is 1. The first-order valence-corrected chi connectivity index (χ1v) is 6.97. The van der Waals surface area contributed by atoms with Crippen LogP contribution in [0.2, 0.25) is 0 Å². The van der Waals surface area contributed by atoms with Crippen LogP contribution in [0, 0.1) is 5.92 Å². The number of amides is 1. The van der Waals surface area contributed by atoms with Crippen molar-refractivity contribution in [2.75, 3.05) is 33.4 Å². The number of carbonyl (C=O) groups is 1. The van der Waals surface area contributed by atoms with Crippen molar-refractivity contribution in [3.63, 3.8) is 0 Å². The van der Waals surface area contributed by atoms with Crippen molar-refractivity contribution in [1.29, 1.82) is 0 Å². The molecule has 1 amide bonds. The second-order valence-electron chi connectivity index (χ2n) is 5.44. The zero-order valence-electron chi connectivity index (χ0n) is 12.7. The summed E-state index contributed by atoms with van der Waals surface area (Å²) in [6, 6.07) is 0.486. The molecule has 0 fully saturated rings. The van der Waals surface area contributed by atoms with Crippen LogP contribution in [0.5, 0.6) is 0 Å². The fraction of sp³-hybridized carbons (Fsp3) is 0.929. The van der Waals surface area contributed by atoms with E-state index in [1.54, 1.807) is 7.11 Å². The Kier molecular flexibility index (Phi) is 9.98. The predicted molar refractivity (Wildman–Crippen MR) is 75.7 cm³/mol. The van der Waals surface area contributed by atoms with Gasteiger partial charge in [0.1, 0.15) is 0 Å². The lowest BCUT2D eigenvalue weighted by Gasteiger charge is -2.24. The van der Waals surface area contributed by atoms with Gasteiger partial charge in [0.15, 0.2) is 0 Å². The van der Waals surface area contributed by atoms with Crippen LogP contribution >= 0.6 is 0 Å². The number of nitrogens with one attached hydrogen (secondary N) is 1. The highest BCUT2D eigenvalue weighted by Gasteiger charge is 2.14. The number of carbonyl (C=O) groups excluding carboxylic acids is 1. The third-order valence-corrected chi connectivity index (χ3v) is 2.62. The molecule has 0 atom stereocenters. The minimum atomic E-state index is 0.242. The van der Waals surface area contributed by atoms with Crippen molar-refractivity contribution in [3.05, 3.63) is 0 Å². The Bertz CT molecular complexity index is 218. The molecule has 0 bridgehead atoms. The normalized spacial score (nSPS) is 11.3. The van der Waals surface area contributed by atoms with Crippen molar-refractivity contribution in [1.82, 2.24) is 10.2 Å². The lowest BCUT2D eigenvalue weighted by Crippen LogP contribution is -2.37. The molecule has 0 aliphatic heterocycles. The number of hydrogen-bond acceptors (Lipinski definition) is 3. The van der Waals surface area contributed by atoms with Crippen molar-refractivity contribution in [3.8, 4) is 0 Å². The maximum Gasteiger partial charge on any atom is 0.222 e. The number of rotatable bonds is 10. The summed E-state index contributed by atoms with van der Waals surface area (Å²) < 4.78 is 5.05. The fourth-order valence-corrected chi connectivity index (χ4v) is 1.75. The second kappa shape index (κ2) is 10.3. The minimum Gasteiger partial charge on any atom is -0.383 e. The zero-order valence-corrected chi connectivity index (χ0v) is 12.7. The maximum absolute atomic E-state index is 12.1. The van der Waals surface area contributed by atoms with Crippen LogP contribution in [0.4, 0.5) is 0 Å². The lowest BCUT2D eigenvalue weighted by atomic mass is 10.2. The van der Waals surface area contributed by atoms with E-state index >= 15 is 0 Å². The summed E-state index contributed by atoms with van der Waals surface area (Å²) >= 11 is 0. The molecule has 0 heterocycles. The highest BCUT2D eigenvalue weighted by Crippen LogP contribution is 2.03. The molecule has 0 aliphatic carbocycles. The summed E-state index contributed by atoms with van der Waals surface area (Å²) in [5.74, 6) is 0.742. The molecule has 0 aromatic carbocycles. The van der Waals surface area contributed by atoms with Gasteiger partial charge in [-0.3, -0.25) is 4.79 Å². The monoisotopic (exact) mass is 258 g/mol. The molecule has 1 N–H and O–H groups in total. The van der Waals surface area contributed by atoms with Gasteiger partial charge in [-0.15, -0.1) is 0 Å². The molecule has 0 saturated carbocycles. The SMILES string of the molecule is COCCN(CC(C)C)C(=O)CCCNC(C)C. The summed E-state index contributed by atoms with van der Waals surface area (Å²) in [6.07, 6.45) is 1.52. The van der Waals surface area contributed by atoms with Gasteiger partial charge >= 0.3 is 0 Å². The van der Waals surface area contributed by atoms with E-state index in [2.05, 4.69) is 33.0 Å². The van der Waals surface area contributed by atoms with Crippen molar-refractivity contribution in [2.45, 2.75) is 46.6 Å². The molecule has 4 nitrogen and oxygen atoms in total. The molecule has 0 unspecified atom stereocenters. The van der Waals surface area contributed by atoms with Crippen molar-refractivity contribution >= 4 is 5.91 Å². The Hall–Kier alpha value is -0.610. The van der Waals surface area contributed by atoms with E-state index in [1.165, 1.54) is 0 Å². The molecule has 0 spiro atoms. The van der Waals surface area contributed by atoms with E-state index in [4.69, 9.17) is 4.74 Å².